The molecule has 3 heteroatoms. The molecule has 0 aromatic carbocycles. The van der Waals surface area contributed by atoms with Crippen molar-refractivity contribution in [3.63, 3.8) is 0 Å². The molecule has 10 unspecified atom stereocenters. The third kappa shape index (κ3) is 4.54. The Morgan fingerprint density at radius 3 is 1.36 bits per heavy atom. The number of halogens is 2. The molecule has 33 heavy (non-hydrogen) atoms. The van der Waals surface area contributed by atoms with Crippen LogP contribution < -0.4 is 0 Å². The molecule has 0 aliphatic heterocycles. The van der Waals surface area contributed by atoms with E-state index >= 15 is 0 Å². The van der Waals surface area contributed by atoms with Crippen molar-refractivity contribution in [3.05, 3.63) is 0 Å². The van der Waals surface area contributed by atoms with Gasteiger partial charge in [0.25, 0.3) is 0 Å². The second-order valence-electron chi connectivity index (χ2n) is 13.7. The Morgan fingerprint density at radius 2 is 0.879 bits per heavy atom. The molecule has 0 heterocycles. The van der Waals surface area contributed by atoms with E-state index in [2.05, 4.69) is 0 Å². The van der Waals surface area contributed by atoms with Crippen molar-refractivity contribution in [1.29, 1.82) is 0 Å². The summed E-state index contributed by atoms with van der Waals surface area (Å²) in [7, 11) is 9.87. The van der Waals surface area contributed by atoms with Crippen LogP contribution in [-0.4, -0.2) is 0 Å². The zero-order chi connectivity index (χ0) is 22.4. The summed E-state index contributed by atoms with van der Waals surface area (Å²) in [5.41, 5.74) is 0. The van der Waals surface area contributed by atoms with E-state index in [1.165, 1.54) is 35.5 Å². The molecule has 0 spiro atoms. The summed E-state index contributed by atoms with van der Waals surface area (Å²) in [6.45, 7) is 0. The summed E-state index contributed by atoms with van der Waals surface area (Å²) in [5, 5.41) is 0. The molecule has 7 saturated carbocycles. The second kappa shape index (κ2) is 11.1. The summed E-state index contributed by atoms with van der Waals surface area (Å²) in [6.07, 6.45) is 28.9. The van der Waals surface area contributed by atoms with Gasteiger partial charge in [0.05, 0.1) is 0 Å². The third-order valence-electron chi connectivity index (χ3n) is 12.9. The zero-order valence-electron chi connectivity index (χ0n) is 20.9. The first-order valence-corrected chi connectivity index (χ1v) is 21.6. The van der Waals surface area contributed by atoms with Crippen molar-refractivity contribution < 1.29 is 20.8 Å². The summed E-state index contributed by atoms with van der Waals surface area (Å²) >= 11 is -0.826. The van der Waals surface area contributed by atoms with Gasteiger partial charge in [-0.3, -0.25) is 0 Å². The molecule has 7 aliphatic carbocycles. The molecule has 0 radical (unpaired) electrons. The van der Waals surface area contributed by atoms with Gasteiger partial charge in [-0.1, -0.05) is 57.8 Å². The average molecular weight is 571 g/mol. The van der Waals surface area contributed by atoms with Crippen LogP contribution >= 0.6 is 17.0 Å². The zero-order valence-corrected chi connectivity index (χ0v) is 24.9. The van der Waals surface area contributed by atoms with Crippen LogP contribution in [0, 0.1) is 71.0 Å². The fourth-order valence-corrected chi connectivity index (χ4v) is 12.4. The predicted octanol–water partition coefficient (Wildman–Crippen LogP) is 9.87. The summed E-state index contributed by atoms with van der Waals surface area (Å²) in [5.74, 6) is 14.1. The van der Waals surface area contributed by atoms with Crippen molar-refractivity contribution in [2.24, 2.45) is 71.0 Å². The Morgan fingerprint density at radius 1 is 0.485 bits per heavy atom. The fourth-order valence-electron chi connectivity index (χ4n) is 12.4. The Kier molecular flexibility index (Phi) is 8.31. The van der Waals surface area contributed by atoms with E-state index in [-0.39, 0.29) is 0 Å². The van der Waals surface area contributed by atoms with Crippen LogP contribution in [0.1, 0.15) is 116 Å². The van der Waals surface area contributed by atoms with Gasteiger partial charge < -0.3 is 0 Å². The van der Waals surface area contributed by atoms with Crippen LogP contribution in [0.15, 0.2) is 0 Å². The summed E-state index contributed by atoms with van der Waals surface area (Å²) in [4.78, 5) is 0. The Bertz CT molecular complexity index is 605. The first-order valence-electron chi connectivity index (χ1n) is 15.3. The van der Waals surface area contributed by atoms with Crippen LogP contribution in [0.2, 0.25) is 0 Å². The van der Waals surface area contributed by atoms with Crippen LogP contribution in [-0.2, 0) is 20.8 Å². The normalized spacial score (nSPS) is 51.7. The average Bonchev–Trinajstić information content (AvgIpc) is 3.49. The monoisotopic (exact) mass is 568 g/mol. The molecular weight excluding hydrogens is 522 g/mol. The molecule has 0 aromatic heterocycles. The number of rotatable bonds is 4. The van der Waals surface area contributed by atoms with E-state index in [1.807, 2.05) is 0 Å². The Labute approximate surface area is 223 Å². The van der Waals surface area contributed by atoms with E-state index in [4.69, 9.17) is 17.0 Å². The van der Waals surface area contributed by atoms with Crippen LogP contribution in [0.25, 0.3) is 0 Å². The van der Waals surface area contributed by atoms with Crippen molar-refractivity contribution in [2.45, 2.75) is 116 Å². The molecule has 0 saturated heterocycles. The van der Waals surface area contributed by atoms with Crippen LogP contribution in [0.3, 0.4) is 0 Å². The minimum absolute atomic E-state index is 0.826. The summed E-state index contributed by atoms with van der Waals surface area (Å²) < 4.78 is 0. The molecule has 0 N–H and O–H groups in total. The summed E-state index contributed by atoms with van der Waals surface area (Å²) in [6, 6.07) is 0. The predicted molar refractivity (Wildman–Crippen MR) is 137 cm³/mol. The molecule has 0 aromatic rings. The van der Waals surface area contributed by atoms with E-state index in [9.17, 15) is 0 Å². The molecule has 7 fully saturated rings. The quantitative estimate of drug-likeness (QED) is 0.316. The van der Waals surface area contributed by atoms with Gasteiger partial charge in [-0.2, -0.15) is 0 Å². The maximum atomic E-state index is 4.93. The van der Waals surface area contributed by atoms with E-state index in [0.29, 0.717) is 0 Å². The third-order valence-corrected chi connectivity index (χ3v) is 12.9. The van der Waals surface area contributed by atoms with Crippen molar-refractivity contribution in [3.8, 4) is 0 Å². The number of hydrogen-bond donors (Lipinski definition) is 0. The molecule has 0 nitrogen and oxygen atoms in total. The Hall–Kier alpha value is 1.46. The van der Waals surface area contributed by atoms with Gasteiger partial charge in [-0.25, -0.2) is 0 Å². The van der Waals surface area contributed by atoms with Gasteiger partial charge in [0.1, 0.15) is 0 Å². The van der Waals surface area contributed by atoms with Gasteiger partial charge in [-0.05, 0) is 129 Å². The van der Waals surface area contributed by atoms with Crippen LogP contribution in [0.4, 0.5) is 0 Å². The van der Waals surface area contributed by atoms with Crippen molar-refractivity contribution in [1.82, 2.24) is 0 Å². The number of fused-ring (bicyclic) bond motifs is 3. The molecular formula is C30H48Cl2Zr. The van der Waals surface area contributed by atoms with Crippen molar-refractivity contribution >= 4 is 17.0 Å². The van der Waals surface area contributed by atoms with Crippen LogP contribution in [0.5, 0.6) is 0 Å². The van der Waals surface area contributed by atoms with Gasteiger partial charge >= 0.3 is 37.9 Å². The molecule has 10 atom stereocenters. The minimum atomic E-state index is -0.826. The Balaban J connectivity index is 0.000000655. The molecule has 7 rings (SSSR count). The fraction of sp³-hybridized carbons (Fsp3) is 1.00. The molecule has 186 valence electrons. The SMILES string of the molecule is C1CCC2C(C1)C1CCCCC1C2CCCC1C2CCCC3CC4CCCC1C4C32.[Cl][Zr][Cl]. The van der Waals surface area contributed by atoms with E-state index in [1.54, 1.807) is 116 Å². The van der Waals surface area contributed by atoms with E-state index in [0.717, 1.165) is 35.5 Å². The number of hydrogen-bond acceptors (Lipinski definition) is 0. The molecule has 0 bridgehead atoms. The van der Waals surface area contributed by atoms with Gasteiger partial charge in [0.15, 0.2) is 0 Å². The maximum absolute atomic E-state index is 4.93. The van der Waals surface area contributed by atoms with Gasteiger partial charge in [0, 0.05) is 0 Å². The van der Waals surface area contributed by atoms with Gasteiger partial charge in [-0.15, -0.1) is 0 Å². The van der Waals surface area contributed by atoms with Crippen molar-refractivity contribution in [2.75, 3.05) is 0 Å². The second-order valence-corrected chi connectivity index (χ2v) is 17.4. The first-order chi connectivity index (χ1) is 16.3. The topological polar surface area (TPSA) is 0 Å². The standard InChI is InChI=1S/C30H48.2ClH.Zr/c1-3-12-23-21(10-1)22-11-2-4-13-24(22)25(23)14-7-15-26-27-16-5-8-19-18-20-9-6-17-28(26)30(20)29(19)27;;;/h19-30H,1-18H2;2*1H;/q;;;+2/p-2. The van der Waals surface area contributed by atoms with Gasteiger partial charge in [0.2, 0.25) is 0 Å². The van der Waals surface area contributed by atoms with E-state index < -0.39 is 20.8 Å². The molecule has 0 amide bonds. The first kappa shape index (κ1) is 24.8. The molecule has 7 aliphatic rings.